The van der Waals surface area contributed by atoms with Crippen molar-refractivity contribution in [3.8, 4) is 11.4 Å². The summed E-state index contributed by atoms with van der Waals surface area (Å²) in [7, 11) is 0. The van der Waals surface area contributed by atoms with Gasteiger partial charge in [0.2, 0.25) is 5.13 Å². The minimum absolute atomic E-state index is 0.651. The van der Waals surface area contributed by atoms with Gasteiger partial charge in [0.05, 0.1) is 0 Å². The first-order valence-corrected chi connectivity index (χ1v) is 6.26. The molecule has 2 aromatic heterocycles. The van der Waals surface area contributed by atoms with E-state index in [1.807, 2.05) is 11.4 Å². The number of hydrogen-bond acceptors (Lipinski definition) is 5. The lowest BCUT2D eigenvalue weighted by Gasteiger charge is -1.94. The van der Waals surface area contributed by atoms with Crippen LogP contribution in [-0.2, 0) is 0 Å². The van der Waals surface area contributed by atoms with Gasteiger partial charge in [-0.25, -0.2) is 0 Å². The van der Waals surface area contributed by atoms with Crippen LogP contribution in [0.3, 0.4) is 0 Å². The van der Waals surface area contributed by atoms with Crippen LogP contribution in [0.25, 0.3) is 11.4 Å². The SMILES string of the molecule is c1cc(-c2nsc(NC3CC3)n2)cs1. The van der Waals surface area contributed by atoms with Crippen LogP contribution in [0.5, 0.6) is 0 Å². The van der Waals surface area contributed by atoms with Crippen molar-refractivity contribution in [2.45, 2.75) is 18.9 Å². The smallest absolute Gasteiger partial charge is 0.203 e. The second-order valence-corrected chi connectivity index (χ2v) is 4.89. The van der Waals surface area contributed by atoms with Gasteiger partial charge in [-0.3, -0.25) is 0 Å². The third kappa shape index (κ3) is 1.65. The molecule has 0 aliphatic heterocycles. The molecule has 0 aromatic carbocycles. The molecule has 0 radical (unpaired) electrons. The average molecular weight is 223 g/mol. The molecular formula is C9H9N3S2. The van der Waals surface area contributed by atoms with Crippen LogP contribution < -0.4 is 5.32 Å². The number of anilines is 1. The van der Waals surface area contributed by atoms with Crippen LogP contribution in [0.1, 0.15) is 12.8 Å². The van der Waals surface area contributed by atoms with E-state index >= 15 is 0 Å². The lowest BCUT2D eigenvalue weighted by Crippen LogP contribution is -1.99. The van der Waals surface area contributed by atoms with Gasteiger partial charge in [0.25, 0.3) is 0 Å². The molecule has 72 valence electrons. The number of thiophene rings is 1. The van der Waals surface area contributed by atoms with Crippen LogP contribution in [0.2, 0.25) is 0 Å². The van der Waals surface area contributed by atoms with Gasteiger partial charge in [0.1, 0.15) is 0 Å². The Bertz CT molecular complexity index is 417. The Morgan fingerprint density at radius 1 is 1.43 bits per heavy atom. The molecule has 1 aliphatic rings. The zero-order valence-electron chi connectivity index (χ0n) is 7.43. The molecule has 0 unspecified atom stereocenters. The van der Waals surface area contributed by atoms with Crippen molar-refractivity contribution < 1.29 is 0 Å². The normalized spacial score (nSPS) is 15.7. The van der Waals surface area contributed by atoms with Gasteiger partial charge in [-0.2, -0.15) is 20.7 Å². The predicted octanol–water partition coefficient (Wildman–Crippen LogP) is 2.84. The van der Waals surface area contributed by atoms with Crippen molar-refractivity contribution in [2.24, 2.45) is 0 Å². The Balaban J connectivity index is 1.82. The maximum absolute atomic E-state index is 4.44. The number of aromatic nitrogens is 2. The van der Waals surface area contributed by atoms with Crippen molar-refractivity contribution in [3.63, 3.8) is 0 Å². The highest BCUT2D eigenvalue weighted by Crippen LogP contribution is 2.28. The molecule has 0 atom stereocenters. The van der Waals surface area contributed by atoms with E-state index < -0.39 is 0 Å². The van der Waals surface area contributed by atoms with Crippen LogP contribution in [-0.4, -0.2) is 15.4 Å². The molecule has 1 fully saturated rings. The number of rotatable bonds is 3. The zero-order chi connectivity index (χ0) is 9.38. The third-order valence-corrected chi connectivity index (χ3v) is 3.44. The lowest BCUT2D eigenvalue weighted by atomic mass is 10.3. The highest BCUT2D eigenvalue weighted by molar-refractivity contribution is 7.10. The largest absolute Gasteiger partial charge is 0.358 e. The summed E-state index contributed by atoms with van der Waals surface area (Å²) in [5.74, 6) is 0.847. The van der Waals surface area contributed by atoms with E-state index in [4.69, 9.17) is 0 Å². The van der Waals surface area contributed by atoms with Crippen LogP contribution in [0, 0.1) is 0 Å². The summed E-state index contributed by atoms with van der Waals surface area (Å²) < 4.78 is 4.31. The molecule has 0 amide bonds. The number of hydrogen-bond donors (Lipinski definition) is 1. The second-order valence-electron chi connectivity index (χ2n) is 3.35. The topological polar surface area (TPSA) is 37.8 Å². The molecule has 0 saturated heterocycles. The molecule has 3 nitrogen and oxygen atoms in total. The maximum atomic E-state index is 4.44. The first-order valence-electron chi connectivity index (χ1n) is 4.54. The molecule has 1 saturated carbocycles. The molecule has 2 heterocycles. The second kappa shape index (κ2) is 3.33. The van der Waals surface area contributed by atoms with Crippen molar-refractivity contribution in [1.29, 1.82) is 0 Å². The van der Waals surface area contributed by atoms with Crippen molar-refractivity contribution in [3.05, 3.63) is 16.8 Å². The molecule has 14 heavy (non-hydrogen) atoms. The summed E-state index contributed by atoms with van der Waals surface area (Å²) in [5.41, 5.74) is 1.12. The quantitative estimate of drug-likeness (QED) is 0.869. The van der Waals surface area contributed by atoms with E-state index in [1.165, 1.54) is 24.4 Å². The highest BCUT2D eigenvalue weighted by atomic mass is 32.1. The van der Waals surface area contributed by atoms with Gasteiger partial charge >= 0.3 is 0 Å². The van der Waals surface area contributed by atoms with Crippen LogP contribution in [0.4, 0.5) is 5.13 Å². The Hall–Kier alpha value is -0.940. The zero-order valence-corrected chi connectivity index (χ0v) is 9.07. The molecule has 3 rings (SSSR count). The van der Waals surface area contributed by atoms with Crippen LogP contribution in [0.15, 0.2) is 16.8 Å². The minimum Gasteiger partial charge on any atom is -0.358 e. The highest BCUT2D eigenvalue weighted by Gasteiger charge is 2.22. The predicted molar refractivity (Wildman–Crippen MR) is 59.9 cm³/mol. The standard InChI is InChI=1S/C9H9N3S2/c1-2-7(1)10-9-11-8(12-14-9)6-3-4-13-5-6/h3-5,7H,1-2H2,(H,10,11,12). The molecule has 0 spiro atoms. The first kappa shape index (κ1) is 8.38. The van der Waals surface area contributed by atoms with Crippen LogP contribution >= 0.6 is 22.9 Å². The van der Waals surface area contributed by atoms with E-state index in [9.17, 15) is 0 Å². The van der Waals surface area contributed by atoms with Gasteiger partial charge in [-0.15, -0.1) is 0 Å². The average Bonchev–Trinajstić information content (AvgIpc) is 2.71. The summed E-state index contributed by atoms with van der Waals surface area (Å²) in [6.07, 6.45) is 2.54. The summed E-state index contributed by atoms with van der Waals surface area (Å²) in [5, 5.41) is 8.42. The fraction of sp³-hybridized carbons (Fsp3) is 0.333. The molecule has 0 bridgehead atoms. The monoisotopic (exact) mass is 223 g/mol. The van der Waals surface area contributed by atoms with E-state index in [0.29, 0.717) is 6.04 Å². The number of nitrogens with one attached hydrogen (secondary N) is 1. The third-order valence-electron chi connectivity index (χ3n) is 2.11. The molecule has 1 aliphatic carbocycles. The van der Waals surface area contributed by atoms with Gasteiger partial charge in [0, 0.05) is 28.5 Å². The summed E-state index contributed by atoms with van der Waals surface area (Å²) in [4.78, 5) is 4.44. The lowest BCUT2D eigenvalue weighted by molar-refractivity contribution is 1.14. The van der Waals surface area contributed by atoms with E-state index in [2.05, 4.69) is 20.1 Å². The Morgan fingerprint density at radius 2 is 2.36 bits per heavy atom. The minimum atomic E-state index is 0.651. The van der Waals surface area contributed by atoms with E-state index in [1.54, 1.807) is 11.3 Å². The molecule has 2 aromatic rings. The summed E-state index contributed by atoms with van der Waals surface area (Å²) >= 11 is 3.12. The molecule has 5 heteroatoms. The fourth-order valence-corrected chi connectivity index (χ4v) is 2.49. The Kier molecular flexibility index (Phi) is 1.99. The van der Waals surface area contributed by atoms with Crippen molar-refractivity contribution in [1.82, 2.24) is 9.36 Å². The van der Waals surface area contributed by atoms with Gasteiger partial charge in [0.15, 0.2) is 5.82 Å². The van der Waals surface area contributed by atoms with Crippen molar-refractivity contribution >= 4 is 28.0 Å². The Labute approximate surface area is 90.0 Å². The summed E-state index contributed by atoms with van der Waals surface area (Å²) in [6.45, 7) is 0. The molecule has 1 N–H and O–H groups in total. The van der Waals surface area contributed by atoms with Gasteiger partial charge in [-0.1, -0.05) is 0 Å². The first-order chi connectivity index (χ1) is 6.92. The van der Waals surface area contributed by atoms with Crippen molar-refractivity contribution in [2.75, 3.05) is 5.32 Å². The summed E-state index contributed by atoms with van der Waals surface area (Å²) in [6, 6.07) is 2.70. The van der Waals surface area contributed by atoms with Gasteiger partial charge in [-0.05, 0) is 24.3 Å². The fourth-order valence-electron chi connectivity index (χ4n) is 1.19. The molecular weight excluding hydrogens is 214 g/mol. The van der Waals surface area contributed by atoms with E-state index in [-0.39, 0.29) is 0 Å². The maximum Gasteiger partial charge on any atom is 0.203 e. The van der Waals surface area contributed by atoms with E-state index in [0.717, 1.165) is 16.5 Å². The number of nitrogens with zero attached hydrogens (tertiary/aromatic N) is 2. The van der Waals surface area contributed by atoms with Gasteiger partial charge < -0.3 is 5.32 Å². The Morgan fingerprint density at radius 3 is 3.07 bits per heavy atom.